The zero-order valence-electron chi connectivity index (χ0n) is 70.6. The lowest BCUT2D eigenvalue weighted by Gasteiger charge is -2.68. The first kappa shape index (κ1) is 88.9. The summed E-state index contributed by atoms with van der Waals surface area (Å²) in [5.41, 5.74) is -17.6. The molecule has 16 rings (SSSR count). The average molecular weight is 1680 g/mol. The van der Waals surface area contributed by atoms with Crippen molar-refractivity contribution in [1.29, 1.82) is 0 Å². The van der Waals surface area contributed by atoms with E-state index in [0.717, 1.165) is 0 Å². The van der Waals surface area contributed by atoms with Gasteiger partial charge in [0, 0.05) is 86.4 Å². The number of halogens is 3. The SMILES string of the molecule is CC(=O)O[C@@]12CO[C@@H]1C[C@@H](F)[C@@]1(C)C(=O)[C@H](O)C3=C(C)[C@@H](O)C[C@@](O)([C@@H](OC(=O)c4ccccc4)[C@H]21)C3(C)C.CC(=O)O[C@@]12CO[C@@H]1C[C@@H](F)[C@@]1(C)[C@@H]3OC(C)(C)O[C@@H]3C3=C(C)[C@@H](O)C[C@@](O)([C@@H](OC(=O)c4ccccc4)[C@H]21)C3(C)C.CC(=O)O[C@@]12CO[C@@H]1C[C@@H](F)[C@@]1(C)[C@H](O)[C@H](O)C3=C(C)[C@@H](O)C[C@@](O)([C@@H](OC(=O)c4ccccc4)[C@H]21)C3(C)C. The summed E-state index contributed by atoms with van der Waals surface area (Å²) in [5.74, 6) is -10.4. The topological polar surface area (TPSA) is 403 Å². The number of rotatable bonds is 9. The smallest absolute Gasteiger partial charge is 0.338 e. The Hall–Kier alpha value is -7.40. The second kappa shape index (κ2) is 29.9. The summed E-state index contributed by atoms with van der Waals surface area (Å²) in [4.78, 5) is 92.6. The van der Waals surface area contributed by atoms with Crippen molar-refractivity contribution in [3.8, 4) is 0 Å². The summed E-state index contributed by atoms with van der Waals surface area (Å²) < 4.78 is 116. The second-order valence-corrected chi connectivity index (χ2v) is 38.4. The lowest BCUT2D eigenvalue weighted by Crippen LogP contribution is -2.82. The van der Waals surface area contributed by atoms with Crippen molar-refractivity contribution in [2.24, 2.45) is 50.2 Å². The summed E-state index contributed by atoms with van der Waals surface area (Å²) in [6.45, 7) is 26.0. The highest BCUT2D eigenvalue weighted by atomic mass is 19.1. The number of esters is 6. The van der Waals surface area contributed by atoms with E-state index in [4.69, 9.17) is 52.1 Å². The van der Waals surface area contributed by atoms with Gasteiger partial charge in [0.05, 0.1) is 90.2 Å². The van der Waals surface area contributed by atoms with Crippen molar-refractivity contribution < 1.29 is 145 Å². The number of carbonyl (C=O) groups is 7. The minimum Gasteiger partial charge on any atom is -0.455 e. The molecular weight excluding hydrogens is 1570 g/mol. The summed E-state index contributed by atoms with van der Waals surface area (Å²) >= 11 is 0. The van der Waals surface area contributed by atoms with Crippen molar-refractivity contribution >= 4 is 41.6 Å². The predicted octanol–water partition coefficient (Wildman–Crippen LogP) is 7.56. The molecule has 0 amide bonds. The predicted molar refractivity (Wildman–Crippen MR) is 416 cm³/mol. The van der Waals surface area contributed by atoms with E-state index in [2.05, 4.69) is 0 Å². The van der Waals surface area contributed by atoms with Crippen molar-refractivity contribution in [3.63, 3.8) is 0 Å². The monoisotopic (exact) mass is 1680 g/mol. The van der Waals surface area contributed by atoms with Crippen molar-refractivity contribution in [3.05, 3.63) is 141 Å². The molecule has 10 fully saturated rings. The number of hydrogen-bond acceptors (Lipinski definition) is 27. The number of ether oxygens (including phenoxy) is 11. The third-order valence-corrected chi connectivity index (χ3v) is 30.9. The summed E-state index contributed by atoms with van der Waals surface area (Å²) in [6.07, 6.45) is -25.0. The van der Waals surface area contributed by atoms with Crippen LogP contribution < -0.4 is 0 Å². The number of Topliss-reactive ketones (excluding diaryl/α,β-unsaturated/α-hetero) is 1. The second-order valence-electron chi connectivity index (χ2n) is 38.4. The molecule has 4 saturated heterocycles. The molecule has 27 nitrogen and oxygen atoms in total. The van der Waals surface area contributed by atoms with Crippen LogP contribution >= 0.6 is 0 Å². The fourth-order valence-corrected chi connectivity index (χ4v) is 24.2. The van der Waals surface area contributed by atoms with Crippen LogP contribution in [0.25, 0.3) is 0 Å². The Labute approximate surface area is 694 Å². The van der Waals surface area contributed by atoms with E-state index in [-0.39, 0.29) is 91.8 Å². The Morgan fingerprint density at radius 1 is 0.425 bits per heavy atom. The first-order chi connectivity index (χ1) is 55.7. The lowest BCUT2D eigenvalue weighted by atomic mass is 9.44. The molecule has 656 valence electrons. The van der Waals surface area contributed by atoms with Gasteiger partial charge < -0.3 is 98.1 Å². The van der Waals surface area contributed by atoms with Gasteiger partial charge in [0.1, 0.15) is 90.3 Å². The Morgan fingerprint density at radius 2 is 0.742 bits per heavy atom. The average Bonchev–Trinajstić information content (AvgIpc) is 0.876. The fraction of sp³-hybridized carbons (Fsp3) is 0.656. The standard InChI is InChI=1S/C32H41FO9.C29H37FO9.C29H35FO9/c1-16-19(35)14-32(37)26(39-27(36)18-11-9-8-10-12-18)24-30(7,20(33)13-21-31(24,15-38-21)40-17(2)34)25-23(22(16)28(32,3)4)41-29(5,6)42-25;2*1-14-17(32)12-29(36)24(38-25(35)16-9-7-6-8-10-16)22-27(5,23(34)21(33)20(14)26(29,3)4)18(30)11-19-28(22,13-37-19)39-15(2)31/h8-12,19-21,23-26,35,37H,13-15H2,1-7H3;6-10,17-19,21-24,32-34,36H,11-13H2,1-5H3;6-10,17-19,21-22,24,32-33,36H,11-13H2,1-5H3/t19-,20+,21+,23+,24-,25+,26-,30+,31-,32+;17-,18+,19+,21+,22-,23+,24-,27+,28-,29+;17-,18+,19+,21+,22-,24-,27+,28-,29+/m000/s1. The number of fused-ring (bicyclic) bond motifs is 18. The highest BCUT2D eigenvalue weighted by Crippen LogP contribution is 2.71. The first-order valence-corrected chi connectivity index (χ1v) is 41.2. The van der Waals surface area contributed by atoms with E-state index in [1.54, 1.807) is 136 Å². The van der Waals surface area contributed by atoms with E-state index in [1.165, 1.54) is 58.9 Å². The fourth-order valence-electron chi connectivity index (χ4n) is 24.2. The summed E-state index contributed by atoms with van der Waals surface area (Å²) in [5, 5.41) is 107. The first-order valence-electron chi connectivity index (χ1n) is 41.2. The highest BCUT2D eigenvalue weighted by molar-refractivity contribution is 5.94. The molecule has 4 heterocycles. The zero-order valence-corrected chi connectivity index (χ0v) is 70.6. The van der Waals surface area contributed by atoms with Gasteiger partial charge in [-0.1, -0.05) is 110 Å². The van der Waals surface area contributed by atoms with Crippen LogP contribution in [0.5, 0.6) is 0 Å². The van der Waals surface area contributed by atoms with Gasteiger partial charge in [0.15, 0.2) is 28.4 Å². The third kappa shape index (κ3) is 12.7. The van der Waals surface area contributed by atoms with Crippen LogP contribution in [0.2, 0.25) is 0 Å². The van der Waals surface area contributed by atoms with Crippen LogP contribution in [0.3, 0.4) is 0 Å². The molecule has 3 aromatic carbocycles. The molecule has 0 radical (unpaired) electrons. The van der Waals surface area contributed by atoms with Gasteiger partial charge >= 0.3 is 35.8 Å². The van der Waals surface area contributed by atoms with Gasteiger partial charge in [-0.15, -0.1) is 0 Å². The number of aliphatic hydroxyl groups excluding tert-OH is 6. The van der Waals surface area contributed by atoms with Crippen LogP contribution in [0.4, 0.5) is 13.2 Å². The molecule has 4 aliphatic heterocycles. The summed E-state index contributed by atoms with van der Waals surface area (Å²) in [7, 11) is 0. The molecule has 9 N–H and O–H groups in total. The molecule has 0 unspecified atom stereocenters. The maximum Gasteiger partial charge on any atom is 0.338 e. The molecule has 3 aromatic rings. The molecule has 120 heavy (non-hydrogen) atoms. The Kier molecular flexibility index (Phi) is 22.2. The highest BCUT2D eigenvalue weighted by Gasteiger charge is 2.83. The molecule has 0 spiro atoms. The molecule has 13 aliphatic rings. The maximum atomic E-state index is 16.9. The molecule has 30 heteroatoms. The van der Waals surface area contributed by atoms with Crippen LogP contribution in [0, 0.1) is 50.2 Å². The number of carbonyl (C=O) groups excluding carboxylic acids is 7. The van der Waals surface area contributed by atoms with Gasteiger partial charge in [-0.2, -0.15) is 0 Å². The van der Waals surface area contributed by atoms with E-state index >= 15 is 13.2 Å². The minimum absolute atomic E-state index is 0.0508. The van der Waals surface area contributed by atoms with Gasteiger partial charge in [-0.05, 0) is 111 Å². The normalized spacial score (nSPS) is 44.1. The van der Waals surface area contributed by atoms with E-state index in [9.17, 15) is 79.5 Å². The quantitative estimate of drug-likeness (QED) is 0.0566. The minimum atomic E-state index is -2.12. The number of ketones is 1. The van der Waals surface area contributed by atoms with Gasteiger partial charge in [-0.3, -0.25) is 19.2 Å². The number of benzene rings is 3. The molecule has 6 saturated carbocycles. The number of aliphatic hydroxyl groups is 9. The van der Waals surface area contributed by atoms with E-state index in [0.29, 0.717) is 16.7 Å². The molecule has 9 aliphatic carbocycles. The number of hydrogen-bond donors (Lipinski definition) is 9. The number of alkyl halides is 3. The lowest BCUT2D eigenvalue weighted by molar-refractivity contribution is -0.359. The van der Waals surface area contributed by atoms with Crippen molar-refractivity contribution in [2.45, 2.75) is 300 Å². The van der Waals surface area contributed by atoms with E-state index in [1.807, 2.05) is 13.8 Å². The van der Waals surface area contributed by atoms with Crippen LogP contribution in [-0.4, -0.2) is 251 Å². The van der Waals surface area contributed by atoms with Gasteiger partial charge in [-0.25, -0.2) is 27.6 Å². The van der Waals surface area contributed by atoms with Gasteiger partial charge in [0.2, 0.25) is 0 Å². The largest absolute Gasteiger partial charge is 0.455 e. The Balaban J connectivity index is 0.000000148. The van der Waals surface area contributed by atoms with E-state index < -0.39 is 235 Å². The third-order valence-electron chi connectivity index (χ3n) is 30.9. The van der Waals surface area contributed by atoms with Crippen LogP contribution in [0.1, 0.15) is 187 Å². The van der Waals surface area contributed by atoms with Crippen molar-refractivity contribution in [1.82, 2.24) is 0 Å². The molecular formula is C90H113F3O27. The molecule has 6 bridgehead atoms. The Bertz CT molecular complexity index is 4690. The van der Waals surface area contributed by atoms with Crippen LogP contribution in [-0.2, 0) is 71.3 Å². The van der Waals surface area contributed by atoms with Crippen LogP contribution in [0.15, 0.2) is 124 Å². The van der Waals surface area contributed by atoms with Gasteiger partial charge in [0.25, 0.3) is 0 Å². The maximum absolute atomic E-state index is 16.9. The molecule has 0 aromatic heterocycles. The molecule has 29 atom stereocenters. The van der Waals surface area contributed by atoms with Crippen molar-refractivity contribution in [2.75, 3.05) is 19.8 Å². The summed E-state index contributed by atoms with van der Waals surface area (Å²) in [6, 6.07) is 24.4. The Morgan fingerprint density at radius 3 is 1.11 bits per heavy atom. The zero-order chi connectivity index (χ0) is 88.0.